The zero-order chi connectivity index (χ0) is 22.5. The molecule has 1 amide bonds. The summed E-state index contributed by atoms with van der Waals surface area (Å²) < 4.78 is 1.76. The molecule has 7 heteroatoms. The molecule has 1 aliphatic carbocycles. The predicted octanol–water partition coefficient (Wildman–Crippen LogP) is 4.29. The van der Waals surface area contributed by atoms with Crippen LogP contribution in [0.4, 0.5) is 5.69 Å². The topological polar surface area (TPSA) is 66.7 Å². The number of carbonyl (C=O) groups is 2. The van der Waals surface area contributed by atoms with Gasteiger partial charge in [-0.15, -0.1) is 0 Å². The first-order valence-electron chi connectivity index (χ1n) is 11.2. The molecule has 6 nitrogen and oxygen atoms in total. The van der Waals surface area contributed by atoms with E-state index < -0.39 is 0 Å². The second kappa shape index (κ2) is 7.93. The lowest BCUT2D eigenvalue weighted by molar-refractivity contribution is -0.129. The molecule has 1 N–H and O–H groups in total. The summed E-state index contributed by atoms with van der Waals surface area (Å²) in [5.41, 5.74) is 4.61. The van der Waals surface area contributed by atoms with Crippen molar-refractivity contribution in [2.75, 3.05) is 18.0 Å². The van der Waals surface area contributed by atoms with Crippen molar-refractivity contribution in [3.05, 3.63) is 64.6 Å². The summed E-state index contributed by atoms with van der Waals surface area (Å²) in [5, 5.41) is 3.59. The van der Waals surface area contributed by atoms with Gasteiger partial charge in [0.15, 0.2) is 0 Å². The van der Waals surface area contributed by atoms with Gasteiger partial charge in [0, 0.05) is 42.9 Å². The number of ketones is 1. The minimum atomic E-state index is -0.157. The number of amides is 1. The lowest BCUT2D eigenvalue weighted by atomic mass is 9.57. The van der Waals surface area contributed by atoms with Gasteiger partial charge in [-0.2, -0.15) is 0 Å². The number of fused-ring (bicyclic) bond motifs is 1. The van der Waals surface area contributed by atoms with E-state index in [9.17, 15) is 9.59 Å². The van der Waals surface area contributed by atoms with Gasteiger partial charge in [0.25, 0.3) is 5.91 Å². The summed E-state index contributed by atoms with van der Waals surface area (Å²) in [6.07, 6.45) is 4.48. The van der Waals surface area contributed by atoms with Gasteiger partial charge in [0.1, 0.15) is 17.1 Å². The SMILES string of the molecule is CCc1nc2ccc(Cl)cn2c1C(=O)NCc1ccc(N2CC3(CC(C(C)=O)C3)C2)cc1. The molecule has 1 spiro atoms. The highest BCUT2D eigenvalue weighted by molar-refractivity contribution is 6.30. The molecule has 2 fully saturated rings. The number of aryl methyl sites for hydroxylation is 1. The van der Waals surface area contributed by atoms with E-state index in [0.717, 1.165) is 37.2 Å². The number of rotatable bonds is 6. The van der Waals surface area contributed by atoms with Crippen LogP contribution in [0, 0.1) is 11.3 Å². The van der Waals surface area contributed by atoms with Gasteiger partial charge in [-0.3, -0.25) is 14.0 Å². The maximum atomic E-state index is 13.0. The summed E-state index contributed by atoms with van der Waals surface area (Å²) in [6, 6.07) is 11.9. The van der Waals surface area contributed by atoms with Crippen molar-refractivity contribution < 1.29 is 9.59 Å². The number of nitrogens with zero attached hydrogens (tertiary/aromatic N) is 3. The third-order valence-corrected chi connectivity index (χ3v) is 7.17. The Hall–Kier alpha value is -2.86. The maximum Gasteiger partial charge on any atom is 0.270 e. The molecule has 2 aliphatic rings. The second-order valence-corrected chi connectivity index (χ2v) is 9.69. The van der Waals surface area contributed by atoms with Crippen LogP contribution in [0.2, 0.25) is 5.02 Å². The minimum absolute atomic E-state index is 0.157. The van der Waals surface area contributed by atoms with E-state index in [2.05, 4.69) is 39.5 Å². The maximum absolute atomic E-state index is 13.0. The molecule has 0 unspecified atom stereocenters. The first-order chi connectivity index (χ1) is 15.4. The first-order valence-corrected chi connectivity index (χ1v) is 11.5. The Bertz CT molecular complexity index is 1190. The lowest BCUT2D eigenvalue weighted by Gasteiger charge is -2.59. The van der Waals surface area contributed by atoms with Gasteiger partial charge in [-0.1, -0.05) is 30.7 Å². The molecule has 0 atom stereocenters. The van der Waals surface area contributed by atoms with Crippen molar-refractivity contribution in [2.45, 2.75) is 39.7 Å². The molecule has 0 radical (unpaired) electrons. The Morgan fingerprint density at radius 1 is 1.16 bits per heavy atom. The Morgan fingerprint density at radius 2 is 1.88 bits per heavy atom. The summed E-state index contributed by atoms with van der Waals surface area (Å²) in [6.45, 7) is 6.20. The van der Waals surface area contributed by atoms with Gasteiger partial charge in [0.2, 0.25) is 0 Å². The van der Waals surface area contributed by atoms with Gasteiger partial charge in [-0.25, -0.2) is 4.98 Å². The molecule has 0 bridgehead atoms. The fraction of sp³-hybridized carbons (Fsp3) is 0.400. The van der Waals surface area contributed by atoms with E-state index in [1.165, 1.54) is 5.69 Å². The molecule has 2 aromatic heterocycles. The molecule has 32 heavy (non-hydrogen) atoms. The summed E-state index contributed by atoms with van der Waals surface area (Å²) in [5.74, 6) is 0.453. The number of pyridine rings is 1. The molecule has 1 aliphatic heterocycles. The monoisotopic (exact) mass is 450 g/mol. The van der Waals surface area contributed by atoms with E-state index >= 15 is 0 Å². The van der Waals surface area contributed by atoms with Crippen LogP contribution in [0.1, 0.15) is 48.4 Å². The molecular formula is C25H27ClN4O2. The fourth-order valence-electron chi connectivity index (χ4n) is 5.12. The van der Waals surface area contributed by atoms with Crippen LogP contribution in [0.15, 0.2) is 42.6 Å². The Balaban J connectivity index is 1.20. The number of anilines is 1. The third-order valence-electron chi connectivity index (χ3n) is 6.95. The molecule has 1 saturated carbocycles. The number of aromatic nitrogens is 2. The summed E-state index contributed by atoms with van der Waals surface area (Å²) in [7, 11) is 0. The van der Waals surface area contributed by atoms with Crippen LogP contribution in [0.5, 0.6) is 0 Å². The summed E-state index contributed by atoms with van der Waals surface area (Å²) >= 11 is 6.13. The molecule has 166 valence electrons. The van der Waals surface area contributed by atoms with Crippen molar-refractivity contribution in [1.82, 2.24) is 14.7 Å². The van der Waals surface area contributed by atoms with Gasteiger partial charge >= 0.3 is 0 Å². The van der Waals surface area contributed by atoms with Crippen LogP contribution in [0.25, 0.3) is 5.65 Å². The highest BCUT2D eigenvalue weighted by atomic mass is 35.5. The van der Waals surface area contributed by atoms with E-state index in [4.69, 9.17) is 11.6 Å². The van der Waals surface area contributed by atoms with E-state index in [1.807, 2.05) is 13.0 Å². The predicted molar refractivity (Wildman–Crippen MR) is 125 cm³/mol. The molecule has 1 saturated heterocycles. The van der Waals surface area contributed by atoms with Crippen LogP contribution >= 0.6 is 11.6 Å². The number of nitrogens with one attached hydrogen (secondary N) is 1. The molecule has 5 rings (SSSR count). The average molecular weight is 451 g/mol. The highest BCUT2D eigenvalue weighted by Gasteiger charge is 2.53. The van der Waals surface area contributed by atoms with E-state index in [-0.39, 0.29) is 11.8 Å². The molecule has 1 aromatic carbocycles. The van der Waals surface area contributed by atoms with Crippen molar-refractivity contribution >= 4 is 34.6 Å². The Morgan fingerprint density at radius 3 is 2.53 bits per heavy atom. The Labute approximate surface area is 192 Å². The van der Waals surface area contributed by atoms with Crippen LogP contribution in [-0.4, -0.2) is 34.2 Å². The van der Waals surface area contributed by atoms with Crippen molar-refractivity contribution in [2.24, 2.45) is 11.3 Å². The third kappa shape index (κ3) is 3.66. The van der Waals surface area contributed by atoms with Crippen LogP contribution in [0.3, 0.4) is 0 Å². The van der Waals surface area contributed by atoms with Gasteiger partial charge in [0.05, 0.1) is 10.7 Å². The molecular weight excluding hydrogens is 424 g/mol. The normalized spacial score (nSPS) is 17.3. The van der Waals surface area contributed by atoms with Crippen LogP contribution < -0.4 is 10.2 Å². The number of carbonyl (C=O) groups excluding carboxylic acids is 2. The van der Waals surface area contributed by atoms with Crippen molar-refractivity contribution in [1.29, 1.82) is 0 Å². The van der Waals surface area contributed by atoms with Crippen molar-refractivity contribution in [3.63, 3.8) is 0 Å². The minimum Gasteiger partial charge on any atom is -0.370 e. The quantitative estimate of drug-likeness (QED) is 0.608. The summed E-state index contributed by atoms with van der Waals surface area (Å²) in [4.78, 5) is 31.4. The van der Waals surface area contributed by atoms with Crippen molar-refractivity contribution in [3.8, 4) is 0 Å². The number of imidazole rings is 1. The number of halogens is 1. The van der Waals surface area contributed by atoms with E-state index in [0.29, 0.717) is 40.5 Å². The molecule has 3 aromatic rings. The first kappa shape index (κ1) is 21.0. The number of benzene rings is 1. The average Bonchev–Trinajstić information content (AvgIpc) is 3.08. The zero-order valence-electron chi connectivity index (χ0n) is 18.4. The van der Waals surface area contributed by atoms with E-state index in [1.54, 1.807) is 23.6 Å². The second-order valence-electron chi connectivity index (χ2n) is 9.26. The lowest BCUT2D eigenvalue weighted by Crippen LogP contribution is -2.63. The van der Waals surface area contributed by atoms with Gasteiger partial charge < -0.3 is 10.2 Å². The smallest absolute Gasteiger partial charge is 0.270 e. The number of hydrogen-bond donors (Lipinski definition) is 1. The standard InChI is InChI=1S/C25H27ClN4O2/c1-3-21-23(30-13-19(26)6-9-22(30)28-21)24(32)27-12-17-4-7-20(8-5-17)29-14-25(15-29)10-18(11-25)16(2)31/h4-9,13,18H,3,10-12,14-15H2,1-2H3,(H,27,32). The number of hydrogen-bond acceptors (Lipinski definition) is 4. The van der Waals surface area contributed by atoms with Crippen LogP contribution in [-0.2, 0) is 17.8 Å². The number of Topliss-reactive ketones (excluding diaryl/α,β-unsaturated/α-hetero) is 1. The zero-order valence-corrected chi connectivity index (χ0v) is 19.2. The largest absolute Gasteiger partial charge is 0.370 e. The van der Waals surface area contributed by atoms with Gasteiger partial charge in [-0.05, 0) is 56.0 Å². The molecule has 3 heterocycles. The fourth-order valence-corrected chi connectivity index (χ4v) is 5.28. The Kier molecular flexibility index (Phi) is 5.20. The highest BCUT2D eigenvalue weighted by Crippen LogP contribution is 2.53.